The van der Waals surface area contributed by atoms with E-state index < -0.39 is 22.9 Å². The van der Waals surface area contributed by atoms with Gasteiger partial charge in [-0.2, -0.15) is 0 Å². The molecule has 3 aromatic carbocycles. The molecule has 14 nitrogen and oxygen atoms in total. The quantitative estimate of drug-likeness (QED) is 0.104. The van der Waals surface area contributed by atoms with Gasteiger partial charge in [0.15, 0.2) is 34.4 Å². The van der Waals surface area contributed by atoms with Crippen LogP contribution < -0.4 is 33.8 Å². The maximum atomic E-state index is 14.2. The maximum Gasteiger partial charge on any atom is 0.343 e. The monoisotopic (exact) mass is 717 g/mol. The predicted molar refractivity (Wildman–Crippen MR) is 186 cm³/mol. The molecule has 4 aromatic rings. The zero-order chi connectivity index (χ0) is 36.7. The van der Waals surface area contributed by atoms with Crippen molar-refractivity contribution >= 4 is 35.0 Å². The first-order valence-electron chi connectivity index (χ1n) is 15.8. The Bertz CT molecular complexity index is 2170. The van der Waals surface area contributed by atoms with Gasteiger partial charge in [0.1, 0.15) is 6.61 Å². The van der Waals surface area contributed by atoms with Crippen LogP contribution in [0.2, 0.25) is 0 Å². The molecule has 0 bridgehead atoms. The summed E-state index contributed by atoms with van der Waals surface area (Å²) in [6.07, 6.45) is 1.70. The van der Waals surface area contributed by atoms with E-state index in [9.17, 15) is 24.5 Å². The number of hydrogen-bond acceptors (Lipinski definition) is 13. The normalized spacial score (nSPS) is 13.9. The molecule has 0 radical (unpaired) electrons. The second-order valence-corrected chi connectivity index (χ2v) is 11.9. The molecule has 51 heavy (non-hydrogen) atoms. The Kier molecular flexibility index (Phi) is 11.5. The van der Waals surface area contributed by atoms with Gasteiger partial charge in [0.25, 0.3) is 11.2 Å². The fourth-order valence-corrected chi connectivity index (χ4v) is 6.35. The summed E-state index contributed by atoms with van der Waals surface area (Å²) in [5, 5.41) is 11.0. The van der Waals surface area contributed by atoms with Crippen molar-refractivity contribution in [1.82, 2.24) is 4.57 Å². The van der Waals surface area contributed by atoms with E-state index in [2.05, 4.69) is 9.73 Å². The number of fused-ring (bicyclic) bond motifs is 1. The highest BCUT2D eigenvalue weighted by molar-refractivity contribution is 7.07. The van der Waals surface area contributed by atoms with E-state index in [0.717, 1.165) is 16.9 Å². The fourth-order valence-electron chi connectivity index (χ4n) is 5.30. The number of hydrogen-bond donors (Lipinski definition) is 0. The molecule has 0 N–H and O–H groups in total. The standard InChI is InChI=1S/C36H35N3O11S/c1-6-47-29-18-24(11-15-27(29)50-20-31(40)46-5)33-32(35(42)48-7-2)21(3)37-36-38(33)34(41)30(51-36)17-23-10-14-26(28(16-23)45-4)49-19-22-8-12-25(13-9-22)39(43)44/h8-18,33H,6-7,19-20H2,1-5H3/b30-17-/t33-/m0/s1. The number of carbonyl (C=O) groups excluding carboxylic acids is 2. The summed E-state index contributed by atoms with van der Waals surface area (Å²) in [6.45, 7) is 5.39. The van der Waals surface area contributed by atoms with Gasteiger partial charge in [-0.25, -0.2) is 14.6 Å². The summed E-state index contributed by atoms with van der Waals surface area (Å²) >= 11 is 1.16. The van der Waals surface area contributed by atoms with Crippen LogP contribution in [0.25, 0.3) is 6.08 Å². The molecule has 0 saturated heterocycles. The summed E-state index contributed by atoms with van der Waals surface area (Å²) in [6, 6.07) is 15.3. The van der Waals surface area contributed by atoms with Crippen LogP contribution >= 0.6 is 11.3 Å². The van der Waals surface area contributed by atoms with Crippen LogP contribution in [0.15, 0.2) is 81.7 Å². The number of nitro groups is 1. The highest BCUT2D eigenvalue weighted by Crippen LogP contribution is 2.36. The topological polar surface area (TPSA) is 167 Å². The van der Waals surface area contributed by atoms with Crippen molar-refractivity contribution in [2.24, 2.45) is 4.99 Å². The van der Waals surface area contributed by atoms with E-state index in [1.54, 1.807) is 75.4 Å². The van der Waals surface area contributed by atoms with Crippen LogP contribution in [0, 0.1) is 10.1 Å². The molecule has 2 heterocycles. The first-order valence-corrected chi connectivity index (χ1v) is 16.6. The third-order valence-electron chi connectivity index (χ3n) is 7.70. The smallest absolute Gasteiger partial charge is 0.343 e. The number of aromatic nitrogens is 1. The molecule has 0 spiro atoms. The third-order valence-corrected chi connectivity index (χ3v) is 8.68. The molecule has 1 aliphatic rings. The SMILES string of the molecule is CCOC(=O)C1=C(C)N=c2s/c(=C\c3ccc(OCc4ccc([N+](=O)[O-])cc4)c(OC)c3)c(=O)n2[C@H]1c1ccc(OCC(=O)OC)c(OCC)c1. The van der Waals surface area contributed by atoms with Crippen molar-refractivity contribution in [2.75, 3.05) is 34.0 Å². The van der Waals surface area contributed by atoms with Gasteiger partial charge >= 0.3 is 11.9 Å². The zero-order valence-corrected chi connectivity index (χ0v) is 29.3. The summed E-state index contributed by atoms with van der Waals surface area (Å²) in [5.74, 6) is 0.255. The maximum absolute atomic E-state index is 14.2. The lowest BCUT2D eigenvalue weighted by atomic mass is 9.95. The van der Waals surface area contributed by atoms with E-state index in [1.165, 1.54) is 30.9 Å². The minimum atomic E-state index is -0.916. The summed E-state index contributed by atoms with van der Waals surface area (Å²) in [5.41, 5.74) is 2.09. The number of ether oxygens (including phenoxy) is 6. The Balaban J connectivity index is 1.53. The number of carbonyl (C=O) groups is 2. The number of allylic oxidation sites excluding steroid dienone is 1. The Labute approximate surface area is 295 Å². The van der Waals surface area contributed by atoms with Crippen molar-refractivity contribution in [3.05, 3.63) is 118 Å². The number of rotatable bonds is 14. The van der Waals surface area contributed by atoms with Crippen LogP contribution in [-0.4, -0.2) is 55.5 Å². The summed E-state index contributed by atoms with van der Waals surface area (Å²) in [7, 11) is 2.75. The molecule has 15 heteroatoms. The van der Waals surface area contributed by atoms with Gasteiger partial charge in [0, 0.05) is 12.1 Å². The number of methoxy groups -OCH3 is 2. The number of non-ortho nitro benzene ring substituents is 1. The Morgan fingerprint density at radius 1 is 0.941 bits per heavy atom. The largest absolute Gasteiger partial charge is 0.493 e. The average molecular weight is 718 g/mol. The molecule has 1 atom stereocenters. The molecule has 0 aliphatic carbocycles. The minimum absolute atomic E-state index is 0.0141. The number of benzene rings is 3. The van der Waals surface area contributed by atoms with Crippen LogP contribution in [0.3, 0.4) is 0 Å². The highest BCUT2D eigenvalue weighted by Gasteiger charge is 2.34. The molecule has 0 fully saturated rings. The van der Waals surface area contributed by atoms with Crippen LogP contribution in [-0.2, 0) is 25.7 Å². The second-order valence-electron chi connectivity index (χ2n) is 10.9. The molecule has 0 unspecified atom stereocenters. The Morgan fingerprint density at radius 2 is 1.67 bits per heavy atom. The van der Waals surface area contributed by atoms with E-state index in [0.29, 0.717) is 43.4 Å². The van der Waals surface area contributed by atoms with Gasteiger partial charge in [-0.1, -0.05) is 23.5 Å². The van der Waals surface area contributed by atoms with Crippen LogP contribution in [0.1, 0.15) is 43.5 Å². The number of esters is 2. The van der Waals surface area contributed by atoms with E-state index in [-0.39, 0.29) is 49.0 Å². The van der Waals surface area contributed by atoms with Gasteiger partial charge in [-0.3, -0.25) is 19.5 Å². The summed E-state index contributed by atoms with van der Waals surface area (Å²) in [4.78, 5) is 54.8. The van der Waals surface area contributed by atoms with Crippen LogP contribution in [0.5, 0.6) is 23.0 Å². The number of nitrogens with zero attached hydrogens (tertiary/aromatic N) is 3. The minimum Gasteiger partial charge on any atom is -0.493 e. The lowest BCUT2D eigenvalue weighted by Crippen LogP contribution is -2.40. The van der Waals surface area contributed by atoms with Gasteiger partial charge < -0.3 is 28.4 Å². The molecule has 266 valence electrons. The van der Waals surface area contributed by atoms with Crippen molar-refractivity contribution < 1.29 is 42.9 Å². The van der Waals surface area contributed by atoms with Gasteiger partial charge in [0.05, 0.1) is 54.2 Å². The Hall–Kier alpha value is -5.96. The first kappa shape index (κ1) is 36.3. The highest BCUT2D eigenvalue weighted by atomic mass is 32.1. The van der Waals surface area contributed by atoms with Gasteiger partial charge in [-0.05, 0) is 79.9 Å². The van der Waals surface area contributed by atoms with Gasteiger partial charge in [0.2, 0.25) is 0 Å². The number of thiazole rings is 1. The van der Waals surface area contributed by atoms with E-state index in [1.807, 2.05) is 0 Å². The average Bonchev–Trinajstić information content (AvgIpc) is 3.43. The first-order chi connectivity index (χ1) is 24.6. The molecule has 1 aliphatic heterocycles. The summed E-state index contributed by atoms with van der Waals surface area (Å²) < 4.78 is 34.8. The molecule has 0 amide bonds. The van der Waals surface area contributed by atoms with Crippen molar-refractivity contribution in [3.8, 4) is 23.0 Å². The lowest BCUT2D eigenvalue weighted by Gasteiger charge is -2.25. The molecule has 5 rings (SSSR count). The molecule has 1 aromatic heterocycles. The van der Waals surface area contributed by atoms with Crippen molar-refractivity contribution in [2.45, 2.75) is 33.4 Å². The Morgan fingerprint density at radius 3 is 2.33 bits per heavy atom. The third kappa shape index (κ3) is 8.10. The molecular formula is C36H35N3O11S. The molecular weight excluding hydrogens is 682 g/mol. The predicted octanol–water partition coefficient (Wildman–Crippen LogP) is 4.24. The van der Waals surface area contributed by atoms with Crippen LogP contribution in [0.4, 0.5) is 5.69 Å². The van der Waals surface area contributed by atoms with E-state index >= 15 is 0 Å². The number of nitro benzene ring substituents is 1. The van der Waals surface area contributed by atoms with E-state index in [4.69, 9.17) is 23.7 Å². The van der Waals surface area contributed by atoms with Crippen molar-refractivity contribution in [1.29, 1.82) is 0 Å². The second kappa shape index (κ2) is 16.2. The molecule has 0 saturated carbocycles. The van der Waals surface area contributed by atoms with Crippen molar-refractivity contribution in [3.63, 3.8) is 0 Å². The zero-order valence-electron chi connectivity index (χ0n) is 28.5. The van der Waals surface area contributed by atoms with Gasteiger partial charge in [-0.15, -0.1) is 0 Å². The fraction of sp³-hybridized carbons (Fsp3) is 0.278. The lowest BCUT2D eigenvalue weighted by molar-refractivity contribution is -0.384.